The van der Waals surface area contributed by atoms with Crippen LogP contribution in [0.4, 0.5) is 0 Å². The molecule has 0 bridgehead atoms. The molecule has 0 amide bonds. The minimum atomic E-state index is -4.09. The summed E-state index contributed by atoms with van der Waals surface area (Å²) in [6.07, 6.45) is 0.634. The van der Waals surface area contributed by atoms with Crippen molar-refractivity contribution >= 4 is 37.3 Å². The SMILES string of the molecule is CCCOC(=O)c1cccc(Cl)c1S(=O)(=O)Cl. The van der Waals surface area contributed by atoms with Crippen LogP contribution in [0.2, 0.25) is 5.02 Å². The fraction of sp³-hybridized carbons (Fsp3) is 0.300. The van der Waals surface area contributed by atoms with E-state index in [2.05, 4.69) is 0 Å². The first-order valence-corrected chi connectivity index (χ1v) is 7.47. The van der Waals surface area contributed by atoms with Gasteiger partial charge in [-0.25, -0.2) is 13.2 Å². The van der Waals surface area contributed by atoms with Crippen molar-refractivity contribution < 1.29 is 17.9 Å². The highest BCUT2D eigenvalue weighted by Crippen LogP contribution is 2.28. The van der Waals surface area contributed by atoms with E-state index in [0.29, 0.717) is 6.42 Å². The number of rotatable bonds is 4. The van der Waals surface area contributed by atoms with E-state index >= 15 is 0 Å². The Labute approximate surface area is 109 Å². The van der Waals surface area contributed by atoms with Crippen LogP contribution in [-0.2, 0) is 13.8 Å². The van der Waals surface area contributed by atoms with Gasteiger partial charge >= 0.3 is 5.97 Å². The molecule has 17 heavy (non-hydrogen) atoms. The molecule has 1 aromatic rings. The van der Waals surface area contributed by atoms with Gasteiger partial charge in [0.15, 0.2) is 0 Å². The molecule has 7 heteroatoms. The molecule has 0 heterocycles. The molecule has 1 aromatic carbocycles. The quantitative estimate of drug-likeness (QED) is 0.633. The first kappa shape index (κ1) is 14.3. The van der Waals surface area contributed by atoms with Crippen molar-refractivity contribution in [1.29, 1.82) is 0 Å². The van der Waals surface area contributed by atoms with Gasteiger partial charge in [-0.2, -0.15) is 0 Å². The second kappa shape index (κ2) is 5.71. The van der Waals surface area contributed by atoms with Crippen LogP contribution in [0.5, 0.6) is 0 Å². The summed E-state index contributed by atoms with van der Waals surface area (Å²) >= 11 is 5.72. The van der Waals surface area contributed by atoms with Crippen LogP contribution in [0.25, 0.3) is 0 Å². The predicted molar refractivity (Wildman–Crippen MR) is 65.1 cm³/mol. The lowest BCUT2D eigenvalue weighted by molar-refractivity contribution is 0.0500. The van der Waals surface area contributed by atoms with Gasteiger partial charge in [0.1, 0.15) is 4.90 Å². The maximum atomic E-state index is 11.6. The van der Waals surface area contributed by atoms with Gasteiger partial charge in [-0.3, -0.25) is 0 Å². The van der Waals surface area contributed by atoms with Crippen molar-refractivity contribution in [3.63, 3.8) is 0 Å². The van der Waals surface area contributed by atoms with Crippen molar-refractivity contribution in [2.45, 2.75) is 18.2 Å². The third-order valence-corrected chi connectivity index (χ3v) is 3.69. The highest BCUT2D eigenvalue weighted by Gasteiger charge is 2.24. The average Bonchev–Trinajstić information content (AvgIpc) is 2.23. The predicted octanol–water partition coefficient (Wildman–Crippen LogP) is 2.83. The number of halogens is 2. The largest absolute Gasteiger partial charge is 0.462 e. The lowest BCUT2D eigenvalue weighted by Crippen LogP contribution is -2.10. The van der Waals surface area contributed by atoms with Crippen LogP contribution in [0.3, 0.4) is 0 Å². The molecule has 0 spiro atoms. The highest BCUT2D eigenvalue weighted by atomic mass is 35.7. The molecule has 4 nitrogen and oxygen atoms in total. The zero-order chi connectivity index (χ0) is 13.1. The summed E-state index contributed by atoms with van der Waals surface area (Å²) < 4.78 is 27.5. The molecule has 0 fully saturated rings. The fourth-order valence-electron chi connectivity index (χ4n) is 1.19. The summed E-state index contributed by atoms with van der Waals surface area (Å²) in [6, 6.07) is 4.10. The molecular weight excluding hydrogens is 287 g/mol. The van der Waals surface area contributed by atoms with E-state index in [-0.39, 0.29) is 17.2 Å². The summed E-state index contributed by atoms with van der Waals surface area (Å²) in [5.41, 5.74) is -0.152. The summed E-state index contributed by atoms with van der Waals surface area (Å²) in [5.74, 6) is -0.756. The molecule has 0 saturated carbocycles. The Balaban J connectivity index is 3.25. The number of carbonyl (C=O) groups excluding carboxylic acids is 1. The van der Waals surface area contributed by atoms with Crippen LogP contribution in [0, 0.1) is 0 Å². The molecule has 0 radical (unpaired) electrons. The number of esters is 1. The number of hydrogen-bond donors (Lipinski definition) is 0. The van der Waals surface area contributed by atoms with Crippen LogP contribution in [-0.4, -0.2) is 21.0 Å². The zero-order valence-corrected chi connectivity index (χ0v) is 11.3. The topological polar surface area (TPSA) is 60.4 Å². The number of hydrogen-bond acceptors (Lipinski definition) is 4. The number of carbonyl (C=O) groups is 1. The maximum Gasteiger partial charge on any atom is 0.339 e. The molecule has 0 aliphatic rings. The minimum absolute atomic E-state index is 0.106. The van der Waals surface area contributed by atoms with Crippen molar-refractivity contribution in [3.8, 4) is 0 Å². The summed E-state index contributed by atoms with van der Waals surface area (Å²) in [4.78, 5) is 11.2. The third-order valence-electron chi connectivity index (χ3n) is 1.87. The van der Waals surface area contributed by atoms with Crippen molar-refractivity contribution in [3.05, 3.63) is 28.8 Å². The first-order valence-electron chi connectivity index (χ1n) is 4.78. The maximum absolute atomic E-state index is 11.6. The molecule has 0 aliphatic heterocycles. The van der Waals surface area contributed by atoms with Crippen LogP contribution in [0.15, 0.2) is 23.1 Å². The van der Waals surface area contributed by atoms with E-state index in [1.807, 2.05) is 6.92 Å². The van der Waals surface area contributed by atoms with Gasteiger partial charge in [-0.15, -0.1) is 0 Å². The van der Waals surface area contributed by atoms with E-state index in [0.717, 1.165) is 0 Å². The molecule has 0 saturated heterocycles. The summed E-state index contributed by atoms with van der Waals surface area (Å²) in [7, 11) is 1.13. The molecular formula is C10H10Cl2O4S. The molecule has 0 atom stereocenters. The van der Waals surface area contributed by atoms with Crippen molar-refractivity contribution in [1.82, 2.24) is 0 Å². The van der Waals surface area contributed by atoms with Gasteiger partial charge in [0, 0.05) is 10.7 Å². The van der Waals surface area contributed by atoms with Gasteiger partial charge in [-0.05, 0) is 18.6 Å². The Morgan fingerprint density at radius 1 is 1.41 bits per heavy atom. The van der Waals surface area contributed by atoms with E-state index in [1.54, 1.807) is 0 Å². The van der Waals surface area contributed by atoms with Gasteiger partial charge < -0.3 is 4.74 Å². The van der Waals surface area contributed by atoms with Crippen LogP contribution >= 0.6 is 22.3 Å². The van der Waals surface area contributed by atoms with E-state index in [9.17, 15) is 13.2 Å². The Bertz CT molecular complexity index is 525. The first-order chi connectivity index (χ1) is 7.88. The van der Waals surface area contributed by atoms with Crippen molar-refractivity contribution in [2.75, 3.05) is 6.61 Å². The second-order valence-electron chi connectivity index (χ2n) is 3.19. The minimum Gasteiger partial charge on any atom is -0.462 e. The summed E-state index contributed by atoms with van der Waals surface area (Å²) in [5, 5.41) is -0.106. The summed E-state index contributed by atoms with van der Waals surface area (Å²) in [6.45, 7) is 2.03. The Hall–Kier alpha value is -0.780. The number of ether oxygens (including phenoxy) is 1. The molecule has 0 aliphatic carbocycles. The highest BCUT2D eigenvalue weighted by molar-refractivity contribution is 8.13. The smallest absolute Gasteiger partial charge is 0.339 e. The normalized spacial score (nSPS) is 11.2. The zero-order valence-electron chi connectivity index (χ0n) is 8.94. The lowest BCUT2D eigenvalue weighted by Gasteiger charge is -2.08. The standard InChI is InChI=1S/C10H10Cl2O4S/c1-2-6-16-10(13)7-4-3-5-8(11)9(7)17(12,14)15/h3-5H,2,6H2,1H3. The Morgan fingerprint density at radius 2 is 2.06 bits per heavy atom. The molecule has 0 N–H and O–H groups in total. The second-order valence-corrected chi connectivity index (χ2v) is 6.10. The monoisotopic (exact) mass is 296 g/mol. The lowest BCUT2D eigenvalue weighted by atomic mass is 10.2. The fourth-order valence-corrected chi connectivity index (χ4v) is 3.00. The van der Waals surface area contributed by atoms with E-state index in [4.69, 9.17) is 27.0 Å². The van der Waals surface area contributed by atoms with Gasteiger partial charge in [0.25, 0.3) is 9.05 Å². The Kier molecular flexibility index (Phi) is 4.80. The average molecular weight is 297 g/mol. The van der Waals surface area contributed by atoms with Crippen molar-refractivity contribution in [2.24, 2.45) is 0 Å². The van der Waals surface area contributed by atoms with Gasteiger partial charge in [-0.1, -0.05) is 24.6 Å². The molecule has 94 valence electrons. The van der Waals surface area contributed by atoms with Crippen LogP contribution in [0.1, 0.15) is 23.7 Å². The van der Waals surface area contributed by atoms with Gasteiger partial charge in [0.2, 0.25) is 0 Å². The number of benzene rings is 1. The third kappa shape index (κ3) is 3.59. The van der Waals surface area contributed by atoms with Crippen LogP contribution < -0.4 is 0 Å². The van der Waals surface area contributed by atoms with E-state index in [1.165, 1.54) is 18.2 Å². The molecule has 1 rings (SSSR count). The van der Waals surface area contributed by atoms with E-state index < -0.39 is 19.9 Å². The molecule has 0 aromatic heterocycles. The Morgan fingerprint density at radius 3 is 2.59 bits per heavy atom. The van der Waals surface area contributed by atoms with Gasteiger partial charge in [0.05, 0.1) is 17.2 Å². The molecule has 0 unspecified atom stereocenters.